The Bertz CT molecular complexity index is 459. The zero-order chi connectivity index (χ0) is 15.7. The molecule has 0 aromatic heterocycles. The highest BCUT2D eigenvalue weighted by atomic mass is 16.5. The van der Waals surface area contributed by atoms with Gasteiger partial charge in [0.15, 0.2) is 6.61 Å². The van der Waals surface area contributed by atoms with Crippen LogP contribution < -0.4 is 10.1 Å². The number of nitrogens with one attached hydrogen (secondary N) is 1. The van der Waals surface area contributed by atoms with Gasteiger partial charge in [0.1, 0.15) is 5.75 Å². The van der Waals surface area contributed by atoms with Crippen LogP contribution in [0.1, 0.15) is 26.7 Å². The first kappa shape index (κ1) is 16.8. The summed E-state index contributed by atoms with van der Waals surface area (Å²) in [6, 6.07) is 6.48. The zero-order valence-corrected chi connectivity index (χ0v) is 12.5. The molecule has 0 fully saturated rings. The number of carbonyl (C=O) groups is 2. The smallest absolute Gasteiger partial charge is 0.341 e. The average Bonchev–Trinajstić information content (AvgIpc) is 2.47. The molecule has 1 aromatic carbocycles. The predicted octanol–water partition coefficient (Wildman–Crippen LogP) is 2.80. The Morgan fingerprint density at radius 1 is 1.24 bits per heavy atom. The van der Waals surface area contributed by atoms with Crippen LogP contribution in [0.25, 0.3) is 0 Å². The van der Waals surface area contributed by atoms with Crippen molar-refractivity contribution in [2.45, 2.75) is 26.7 Å². The van der Waals surface area contributed by atoms with Crippen molar-refractivity contribution in [2.24, 2.45) is 0 Å². The summed E-state index contributed by atoms with van der Waals surface area (Å²) in [6.07, 6.45) is 2.02. The molecule has 0 aliphatic heterocycles. The third-order valence-corrected chi connectivity index (χ3v) is 2.92. The Morgan fingerprint density at radius 3 is 2.43 bits per heavy atom. The van der Waals surface area contributed by atoms with Gasteiger partial charge < -0.3 is 20.1 Å². The molecule has 0 aliphatic carbocycles. The van der Waals surface area contributed by atoms with Crippen LogP contribution >= 0.6 is 0 Å². The molecular weight excluding hydrogens is 272 g/mol. The normalized spacial score (nSPS) is 10.0. The number of unbranched alkanes of at least 4 members (excludes halogenated alkanes) is 1. The molecule has 6 nitrogen and oxygen atoms in total. The lowest BCUT2D eigenvalue weighted by atomic mass is 10.3. The molecule has 0 saturated carbocycles. The van der Waals surface area contributed by atoms with Gasteiger partial charge >= 0.3 is 12.0 Å². The number of carboxylic acids is 1. The molecule has 21 heavy (non-hydrogen) atoms. The van der Waals surface area contributed by atoms with E-state index in [9.17, 15) is 9.59 Å². The summed E-state index contributed by atoms with van der Waals surface area (Å²) >= 11 is 0. The standard InChI is InChI=1S/C15H22N2O4/c1-3-5-10-17(4-2)15(20)16-12-6-8-13(9-7-12)21-11-14(18)19/h6-9H,3-5,10-11H2,1-2H3,(H,16,20)(H,18,19). The lowest BCUT2D eigenvalue weighted by Gasteiger charge is -2.21. The molecule has 0 saturated heterocycles. The number of nitrogens with zero attached hydrogens (tertiary/aromatic N) is 1. The van der Waals surface area contributed by atoms with Crippen molar-refractivity contribution in [3.05, 3.63) is 24.3 Å². The van der Waals surface area contributed by atoms with Gasteiger partial charge in [0.2, 0.25) is 0 Å². The first-order valence-electron chi connectivity index (χ1n) is 7.07. The van der Waals surface area contributed by atoms with Gasteiger partial charge in [0.25, 0.3) is 0 Å². The van der Waals surface area contributed by atoms with Gasteiger partial charge in [-0.05, 0) is 37.6 Å². The van der Waals surface area contributed by atoms with Gasteiger partial charge in [0, 0.05) is 18.8 Å². The molecule has 0 bridgehead atoms. The van der Waals surface area contributed by atoms with Gasteiger partial charge in [-0.25, -0.2) is 9.59 Å². The molecule has 0 atom stereocenters. The molecule has 2 N–H and O–H groups in total. The Labute approximate surface area is 124 Å². The molecule has 0 unspecified atom stereocenters. The summed E-state index contributed by atoms with van der Waals surface area (Å²) < 4.78 is 5.03. The Balaban J connectivity index is 2.53. The minimum absolute atomic E-state index is 0.134. The number of anilines is 1. The minimum atomic E-state index is -1.03. The summed E-state index contributed by atoms with van der Waals surface area (Å²) in [4.78, 5) is 24.2. The number of urea groups is 1. The number of aliphatic carboxylic acids is 1. The van der Waals surface area contributed by atoms with E-state index in [1.54, 1.807) is 29.2 Å². The number of hydrogen-bond acceptors (Lipinski definition) is 3. The number of carboxylic acid groups (broad SMARTS) is 1. The van der Waals surface area contributed by atoms with Crippen LogP contribution in [-0.4, -0.2) is 41.7 Å². The van der Waals surface area contributed by atoms with E-state index >= 15 is 0 Å². The van der Waals surface area contributed by atoms with Gasteiger partial charge in [0.05, 0.1) is 0 Å². The fraction of sp³-hybridized carbons (Fsp3) is 0.467. The van der Waals surface area contributed by atoms with Crippen molar-refractivity contribution in [2.75, 3.05) is 25.0 Å². The highest BCUT2D eigenvalue weighted by molar-refractivity contribution is 5.89. The van der Waals surface area contributed by atoms with Crippen molar-refractivity contribution in [1.29, 1.82) is 0 Å². The Kier molecular flexibility index (Phi) is 7.08. The average molecular weight is 294 g/mol. The van der Waals surface area contributed by atoms with Crippen LogP contribution in [-0.2, 0) is 4.79 Å². The van der Waals surface area contributed by atoms with Crippen molar-refractivity contribution in [3.8, 4) is 5.75 Å². The largest absolute Gasteiger partial charge is 0.482 e. The lowest BCUT2D eigenvalue weighted by molar-refractivity contribution is -0.139. The quantitative estimate of drug-likeness (QED) is 0.772. The van der Waals surface area contributed by atoms with Crippen molar-refractivity contribution < 1.29 is 19.4 Å². The summed E-state index contributed by atoms with van der Waals surface area (Å²) in [5.74, 6) is -0.573. The molecule has 2 amide bonds. The SMILES string of the molecule is CCCCN(CC)C(=O)Nc1ccc(OCC(=O)O)cc1. The second kappa shape index (κ2) is 8.84. The van der Waals surface area contributed by atoms with Crippen molar-refractivity contribution in [3.63, 3.8) is 0 Å². The van der Waals surface area contributed by atoms with E-state index in [4.69, 9.17) is 9.84 Å². The van der Waals surface area contributed by atoms with E-state index in [0.29, 0.717) is 18.0 Å². The molecule has 1 aromatic rings. The number of amides is 2. The van der Waals surface area contributed by atoms with Gasteiger partial charge in [-0.3, -0.25) is 0 Å². The highest BCUT2D eigenvalue weighted by Gasteiger charge is 2.10. The number of hydrogen-bond donors (Lipinski definition) is 2. The molecule has 0 aliphatic rings. The first-order chi connectivity index (χ1) is 10.1. The number of benzene rings is 1. The Morgan fingerprint density at radius 2 is 1.90 bits per heavy atom. The van der Waals surface area contributed by atoms with Crippen LogP contribution in [0, 0.1) is 0 Å². The van der Waals surface area contributed by atoms with E-state index < -0.39 is 5.97 Å². The second-order valence-corrected chi connectivity index (χ2v) is 4.57. The van der Waals surface area contributed by atoms with Crippen LogP contribution in [0.2, 0.25) is 0 Å². The fourth-order valence-electron chi connectivity index (χ4n) is 1.73. The monoisotopic (exact) mass is 294 g/mol. The molecule has 0 radical (unpaired) electrons. The fourth-order valence-corrected chi connectivity index (χ4v) is 1.73. The van der Waals surface area contributed by atoms with Crippen molar-refractivity contribution in [1.82, 2.24) is 4.90 Å². The zero-order valence-electron chi connectivity index (χ0n) is 12.5. The summed E-state index contributed by atoms with van der Waals surface area (Å²) in [5.41, 5.74) is 0.651. The molecule has 116 valence electrons. The van der Waals surface area contributed by atoms with E-state index in [2.05, 4.69) is 12.2 Å². The lowest BCUT2D eigenvalue weighted by Crippen LogP contribution is -2.35. The Hall–Kier alpha value is -2.24. The number of carbonyl (C=O) groups excluding carboxylic acids is 1. The molecule has 0 spiro atoms. The van der Waals surface area contributed by atoms with Gasteiger partial charge in [-0.15, -0.1) is 0 Å². The maximum absolute atomic E-state index is 12.1. The van der Waals surface area contributed by atoms with E-state index in [-0.39, 0.29) is 12.6 Å². The van der Waals surface area contributed by atoms with Crippen LogP contribution in [0.3, 0.4) is 0 Å². The minimum Gasteiger partial charge on any atom is -0.482 e. The summed E-state index contributed by atoms with van der Waals surface area (Å²) in [6.45, 7) is 5.04. The van der Waals surface area contributed by atoms with E-state index in [0.717, 1.165) is 19.4 Å². The van der Waals surface area contributed by atoms with Crippen LogP contribution in [0.5, 0.6) is 5.75 Å². The number of ether oxygens (including phenoxy) is 1. The maximum Gasteiger partial charge on any atom is 0.341 e. The van der Waals surface area contributed by atoms with Crippen LogP contribution in [0.4, 0.5) is 10.5 Å². The topological polar surface area (TPSA) is 78.9 Å². The predicted molar refractivity (Wildman–Crippen MR) is 80.7 cm³/mol. The number of rotatable bonds is 8. The maximum atomic E-state index is 12.1. The van der Waals surface area contributed by atoms with E-state index in [1.165, 1.54) is 0 Å². The molecular formula is C15H22N2O4. The summed E-state index contributed by atoms with van der Waals surface area (Å²) in [5, 5.41) is 11.3. The first-order valence-corrected chi connectivity index (χ1v) is 7.07. The van der Waals surface area contributed by atoms with E-state index in [1.807, 2.05) is 6.92 Å². The molecule has 6 heteroatoms. The van der Waals surface area contributed by atoms with Crippen molar-refractivity contribution >= 4 is 17.7 Å². The third kappa shape index (κ3) is 6.16. The summed E-state index contributed by atoms with van der Waals surface area (Å²) in [7, 11) is 0. The van der Waals surface area contributed by atoms with Gasteiger partial charge in [-0.2, -0.15) is 0 Å². The molecule has 1 rings (SSSR count). The van der Waals surface area contributed by atoms with Gasteiger partial charge in [-0.1, -0.05) is 13.3 Å². The second-order valence-electron chi connectivity index (χ2n) is 4.57. The van der Waals surface area contributed by atoms with Crippen LogP contribution in [0.15, 0.2) is 24.3 Å². The molecule has 0 heterocycles. The highest BCUT2D eigenvalue weighted by Crippen LogP contribution is 2.16. The third-order valence-electron chi connectivity index (χ3n) is 2.92.